The summed E-state index contributed by atoms with van der Waals surface area (Å²) >= 11 is 3.13. The molecule has 3 aromatic rings. The van der Waals surface area contributed by atoms with Crippen molar-refractivity contribution in [1.29, 1.82) is 0 Å². The predicted molar refractivity (Wildman–Crippen MR) is 75.8 cm³/mol. The Balaban J connectivity index is 2.18. The number of rotatable bonds is 2. The number of ketones is 1. The van der Waals surface area contributed by atoms with Gasteiger partial charge in [0.05, 0.1) is 5.56 Å². The lowest BCUT2D eigenvalue weighted by Crippen LogP contribution is -2.01. The van der Waals surface area contributed by atoms with Gasteiger partial charge in [0.15, 0.2) is 5.78 Å². The molecule has 3 rings (SSSR count). The highest BCUT2D eigenvalue weighted by Gasteiger charge is 2.17. The number of benzene rings is 2. The van der Waals surface area contributed by atoms with Crippen LogP contribution in [0.4, 0.5) is 8.78 Å². The van der Waals surface area contributed by atoms with Crippen molar-refractivity contribution in [2.24, 2.45) is 0 Å². The van der Waals surface area contributed by atoms with Crippen molar-refractivity contribution in [1.82, 2.24) is 4.98 Å². The van der Waals surface area contributed by atoms with Crippen molar-refractivity contribution in [3.8, 4) is 0 Å². The Kier molecular flexibility index (Phi) is 3.14. The van der Waals surface area contributed by atoms with Gasteiger partial charge < -0.3 is 4.98 Å². The van der Waals surface area contributed by atoms with Gasteiger partial charge in [0.25, 0.3) is 0 Å². The summed E-state index contributed by atoms with van der Waals surface area (Å²) in [6.07, 6.45) is 1.44. The van der Waals surface area contributed by atoms with Crippen LogP contribution in [0.15, 0.2) is 47.1 Å². The molecular formula is C15H8BrF2NO. The zero-order valence-corrected chi connectivity index (χ0v) is 11.7. The third-order valence-corrected chi connectivity index (χ3v) is 3.48. The molecule has 2 aromatic carbocycles. The van der Waals surface area contributed by atoms with E-state index in [1.54, 1.807) is 12.1 Å². The van der Waals surface area contributed by atoms with E-state index in [2.05, 4.69) is 20.9 Å². The van der Waals surface area contributed by atoms with Crippen molar-refractivity contribution in [2.45, 2.75) is 0 Å². The van der Waals surface area contributed by atoms with Crippen molar-refractivity contribution < 1.29 is 13.6 Å². The van der Waals surface area contributed by atoms with Crippen LogP contribution >= 0.6 is 15.9 Å². The van der Waals surface area contributed by atoms with Crippen LogP contribution < -0.4 is 0 Å². The molecule has 100 valence electrons. The molecule has 0 aliphatic heterocycles. The minimum Gasteiger partial charge on any atom is -0.360 e. The first-order valence-electron chi connectivity index (χ1n) is 5.82. The molecule has 0 fully saturated rings. The second kappa shape index (κ2) is 4.83. The number of halogens is 3. The van der Waals surface area contributed by atoms with Crippen LogP contribution in [0.1, 0.15) is 15.9 Å². The second-order valence-corrected chi connectivity index (χ2v) is 5.27. The van der Waals surface area contributed by atoms with Crippen LogP contribution in [-0.4, -0.2) is 10.8 Å². The Labute approximate surface area is 121 Å². The summed E-state index contributed by atoms with van der Waals surface area (Å²) in [5, 5.41) is 0.220. The smallest absolute Gasteiger partial charge is 0.195 e. The molecule has 5 heteroatoms. The van der Waals surface area contributed by atoms with Gasteiger partial charge in [-0.3, -0.25) is 4.79 Å². The Morgan fingerprint density at radius 2 is 1.95 bits per heavy atom. The zero-order valence-electron chi connectivity index (χ0n) is 10.1. The Hall–Kier alpha value is -2.01. The highest BCUT2D eigenvalue weighted by molar-refractivity contribution is 9.10. The van der Waals surface area contributed by atoms with E-state index in [-0.39, 0.29) is 16.5 Å². The third-order valence-electron chi connectivity index (χ3n) is 3.02. The molecule has 1 N–H and O–H groups in total. The van der Waals surface area contributed by atoms with Crippen LogP contribution in [-0.2, 0) is 0 Å². The quantitative estimate of drug-likeness (QED) is 0.690. The van der Waals surface area contributed by atoms with E-state index >= 15 is 0 Å². The maximum Gasteiger partial charge on any atom is 0.195 e. The highest BCUT2D eigenvalue weighted by atomic mass is 79.9. The number of hydrogen-bond donors (Lipinski definition) is 1. The number of hydrogen-bond acceptors (Lipinski definition) is 1. The van der Waals surface area contributed by atoms with E-state index in [0.717, 1.165) is 6.07 Å². The Morgan fingerprint density at radius 1 is 1.15 bits per heavy atom. The van der Waals surface area contributed by atoms with Crippen molar-refractivity contribution in [3.05, 3.63) is 69.8 Å². The fourth-order valence-electron chi connectivity index (χ4n) is 2.16. The fraction of sp³-hybridized carbons (Fsp3) is 0. The molecule has 0 amide bonds. The molecule has 0 saturated carbocycles. The van der Waals surface area contributed by atoms with Crippen molar-refractivity contribution in [2.75, 3.05) is 0 Å². The van der Waals surface area contributed by atoms with E-state index in [1.807, 2.05) is 0 Å². The number of nitrogens with one attached hydrogen (secondary N) is 1. The molecule has 0 unspecified atom stereocenters. The standard InChI is InChI=1S/C15H8BrF2NO/c16-9-4-8(5-10(17)6-9)15(20)11-7-19-13-3-1-2-12(18)14(11)13/h1-7,19H. The summed E-state index contributed by atoms with van der Waals surface area (Å²) in [7, 11) is 0. The summed E-state index contributed by atoms with van der Waals surface area (Å²) in [5.74, 6) is -1.44. The normalized spacial score (nSPS) is 10.9. The molecule has 2 nitrogen and oxygen atoms in total. The van der Waals surface area contributed by atoms with E-state index in [0.29, 0.717) is 9.99 Å². The van der Waals surface area contributed by atoms with Crippen molar-refractivity contribution in [3.63, 3.8) is 0 Å². The summed E-state index contributed by atoms with van der Waals surface area (Å²) in [4.78, 5) is 15.2. The van der Waals surface area contributed by atoms with Gasteiger partial charge in [-0.2, -0.15) is 0 Å². The lowest BCUT2D eigenvalue weighted by Gasteiger charge is -2.02. The van der Waals surface area contributed by atoms with Gasteiger partial charge in [-0.15, -0.1) is 0 Å². The number of carbonyl (C=O) groups is 1. The first-order valence-corrected chi connectivity index (χ1v) is 6.62. The van der Waals surface area contributed by atoms with Crippen LogP contribution in [0.25, 0.3) is 10.9 Å². The average Bonchev–Trinajstić information content (AvgIpc) is 2.82. The summed E-state index contributed by atoms with van der Waals surface area (Å²) in [6.45, 7) is 0. The molecule has 0 aliphatic rings. The largest absolute Gasteiger partial charge is 0.360 e. The zero-order chi connectivity index (χ0) is 14.3. The first-order chi connectivity index (χ1) is 9.56. The van der Waals surface area contributed by atoms with E-state index in [4.69, 9.17) is 0 Å². The van der Waals surface area contributed by atoms with Gasteiger partial charge in [-0.1, -0.05) is 22.0 Å². The van der Waals surface area contributed by atoms with Gasteiger partial charge >= 0.3 is 0 Å². The number of carbonyl (C=O) groups excluding carboxylic acids is 1. The van der Waals surface area contributed by atoms with Crippen LogP contribution in [0.2, 0.25) is 0 Å². The summed E-state index contributed by atoms with van der Waals surface area (Å²) in [6, 6.07) is 8.41. The van der Waals surface area contributed by atoms with Crippen LogP contribution in [0.3, 0.4) is 0 Å². The SMILES string of the molecule is O=C(c1cc(F)cc(Br)c1)c1c[nH]c2cccc(F)c12. The number of fused-ring (bicyclic) bond motifs is 1. The fourth-order valence-corrected chi connectivity index (χ4v) is 2.63. The lowest BCUT2D eigenvalue weighted by molar-refractivity contribution is 0.103. The highest BCUT2D eigenvalue weighted by Crippen LogP contribution is 2.25. The number of aromatic nitrogens is 1. The summed E-state index contributed by atoms with van der Waals surface area (Å²) < 4.78 is 27.7. The maximum absolute atomic E-state index is 13.9. The molecule has 0 saturated heterocycles. The van der Waals surface area contributed by atoms with Crippen molar-refractivity contribution >= 4 is 32.6 Å². The van der Waals surface area contributed by atoms with Gasteiger partial charge in [0.2, 0.25) is 0 Å². The van der Waals surface area contributed by atoms with E-state index in [1.165, 1.54) is 24.4 Å². The van der Waals surface area contributed by atoms with Gasteiger partial charge in [-0.25, -0.2) is 8.78 Å². The van der Waals surface area contributed by atoms with E-state index < -0.39 is 17.4 Å². The molecule has 0 spiro atoms. The number of aromatic amines is 1. The molecule has 0 radical (unpaired) electrons. The molecule has 20 heavy (non-hydrogen) atoms. The van der Waals surface area contributed by atoms with Gasteiger partial charge in [0.1, 0.15) is 11.6 Å². The monoisotopic (exact) mass is 335 g/mol. The first kappa shape index (κ1) is 13.0. The molecular weight excluding hydrogens is 328 g/mol. The third kappa shape index (κ3) is 2.14. The molecule has 0 atom stereocenters. The predicted octanol–water partition coefficient (Wildman–Crippen LogP) is 4.44. The molecule has 0 bridgehead atoms. The molecule has 1 heterocycles. The van der Waals surface area contributed by atoms with Crippen LogP contribution in [0.5, 0.6) is 0 Å². The molecule has 1 aromatic heterocycles. The van der Waals surface area contributed by atoms with Gasteiger partial charge in [0, 0.05) is 27.1 Å². The number of H-pyrrole nitrogens is 1. The van der Waals surface area contributed by atoms with Gasteiger partial charge in [-0.05, 0) is 30.3 Å². The lowest BCUT2D eigenvalue weighted by atomic mass is 10.0. The maximum atomic E-state index is 13.9. The average molecular weight is 336 g/mol. The minimum atomic E-state index is -0.525. The summed E-state index contributed by atoms with van der Waals surface area (Å²) in [5.41, 5.74) is 0.889. The van der Waals surface area contributed by atoms with Crippen LogP contribution in [0, 0.1) is 11.6 Å². The topological polar surface area (TPSA) is 32.9 Å². The second-order valence-electron chi connectivity index (χ2n) is 4.35. The van der Waals surface area contributed by atoms with E-state index in [9.17, 15) is 13.6 Å². The Morgan fingerprint density at radius 3 is 2.70 bits per heavy atom. The minimum absolute atomic E-state index is 0.168. The molecule has 0 aliphatic carbocycles. The Bertz CT molecular complexity index is 806.